The van der Waals surface area contributed by atoms with Crippen molar-refractivity contribution in [3.63, 3.8) is 0 Å². The summed E-state index contributed by atoms with van der Waals surface area (Å²) in [4.78, 5) is 25.3. The summed E-state index contributed by atoms with van der Waals surface area (Å²) in [6.45, 7) is 3.63. The smallest absolute Gasteiger partial charge is 0.306 e. The quantitative estimate of drug-likeness (QED) is 0.0203. The van der Waals surface area contributed by atoms with Gasteiger partial charge in [-0.2, -0.15) is 8.42 Å². The van der Waals surface area contributed by atoms with E-state index in [0.29, 0.717) is 12.8 Å². The van der Waals surface area contributed by atoms with Gasteiger partial charge >= 0.3 is 11.9 Å². The maximum Gasteiger partial charge on any atom is 0.306 e. The minimum absolute atomic E-state index is 0.0905. The average Bonchev–Trinajstić information content (AvgIpc) is 3.21. The lowest BCUT2D eigenvalue weighted by Crippen LogP contribution is -2.60. The van der Waals surface area contributed by atoms with Gasteiger partial charge in [-0.25, -0.2) is 0 Å². The summed E-state index contributed by atoms with van der Waals surface area (Å²) in [7, 11) is -4.61. The Balaban J connectivity index is 2.51. The number of carbonyl (C=O) groups is 2. The Morgan fingerprint density at radius 3 is 1.60 bits per heavy atom. The number of rotatable bonds is 36. The van der Waals surface area contributed by atoms with E-state index in [1.54, 1.807) is 0 Å². The summed E-state index contributed by atoms with van der Waals surface area (Å²) in [5.41, 5.74) is 0. The first-order valence-corrected chi connectivity index (χ1v) is 24.1. The number of hydrogen-bond acceptors (Lipinski definition) is 11. The summed E-state index contributed by atoms with van der Waals surface area (Å²) < 4.78 is 53.9. The molecule has 0 aliphatic carbocycles. The first-order chi connectivity index (χ1) is 29.0. The fourth-order valence-corrected chi connectivity index (χ4v) is 6.93. The number of allylic oxidation sites excluding steroid dienone is 12. The Labute approximate surface area is 361 Å². The maximum absolute atomic E-state index is 12.8. The van der Waals surface area contributed by atoms with Gasteiger partial charge in [-0.1, -0.05) is 138 Å². The van der Waals surface area contributed by atoms with Crippen LogP contribution >= 0.6 is 0 Å². The van der Waals surface area contributed by atoms with Crippen LogP contribution in [0.1, 0.15) is 155 Å². The fraction of sp³-hybridized carbons (Fsp3) is 0.702. The summed E-state index contributed by atoms with van der Waals surface area (Å²) in [5.74, 6) is -2.11. The predicted molar refractivity (Wildman–Crippen MR) is 238 cm³/mol. The average molecular weight is 867 g/mol. The highest BCUT2D eigenvalue weighted by atomic mass is 32.2. The van der Waals surface area contributed by atoms with E-state index in [1.165, 1.54) is 44.9 Å². The molecule has 0 spiro atoms. The molecule has 1 aliphatic heterocycles. The molecule has 13 heteroatoms. The van der Waals surface area contributed by atoms with Gasteiger partial charge < -0.3 is 34.3 Å². The van der Waals surface area contributed by atoms with E-state index < -0.39 is 71.2 Å². The van der Waals surface area contributed by atoms with Gasteiger partial charge in [0.15, 0.2) is 12.4 Å². The lowest BCUT2D eigenvalue weighted by Gasteiger charge is -2.40. The third-order valence-electron chi connectivity index (χ3n) is 9.77. The van der Waals surface area contributed by atoms with Crippen molar-refractivity contribution in [2.24, 2.45) is 0 Å². The number of carbonyl (C=O) groups excluding carboxylic acids is 2. The number of hydrogen-bond donors (Lipinski definition) is 4. The summed E-state index contributed by atoms with van der Waals surface area (Å²) in [6.07, 6.45) is 36.7. The third-order valence-corrected chi connectivity index (χ3v) is 10.5. The zero-order valence-electron chi connectivity index (χ0n) is 36.5. The second kappa shape index (κ2) is 36.7. The minimum Gasteiger partial charge on any atom is -0.462 e. The van der Waals surface area contributed by atoms with E-state index in [4.69, 9.17) is 18.9 Å². The van der Waals surface area contributed by atoms with E-state index >= 15 is 0 Å². The Bertz CT molecular complexity index is 1390. The van der Waals surface area contributed by atoms with Gasteiger partial charge in [0.25, 0.3) is 10.1 Å². The lowest BCUT2D eigenvalue weighted by molar-refractivity contribution is -0.297. The van der Waals surface area contributed by atoms with Crippen LogP contribution < -0.4 is 0 Å². The second-order valence-corrected chi connectivity index (χ2v) is 16.9. The molecule has 1 rings (SSSR count). The molecule has 1 aliphatic rings. The first-order valence-electron chi connectivity index (χ1n) is 22.5. The summed E-state index contributed by atoms with van der Waals surface area (Å²) in [5, 5.41) is 30.8. The van der Waals surface area contributed by atoms with E-state index in [2.05, 4.69) is 74.6 Å². The van der Waals surface area contributed by atoms with Crippen LogP contribution in [0.2, 0.25) is 0 Å². The van der Waals surface area contributed by atoms with Gasteiger partial charge in [-0.15, -0.1) is 0 Å². The zero-order chi connectivity index (χ0) is 44.1. The predicted octanol–water partition coefficient (Wildman–Crippen LogP) is 9.11. The van der Waals surface area contributed by atoms with Crippen LogP contribution in [0.15, 0.2) is 72.9 Å². The van der Waals surface area contributed by atoms with Crippen molar-refractivity contribution in [1.29, 1.82) is 0 Å². The van der Waals surface area contributed by atoms with Crippen molar-refractivity contribution in [2.75, 3.05) is 19.0 Å². The summed E-state index contributed by atoms with van der Waals surface area (Å²) >= 11 is 0. The van der Waals surface area contributed by atoms with E-state index in [0.717, 1.165) is 70.6 Å². The van der Waals surface area contributed by atoms with Crippen molar-refractivity contribution < 1.29 is 56.8 Å². The highest BCUT2D eigenvalue weighted by Gasteiger charge is 2.46. The molecule has 1 saturated heterocycles. The van der Waals surface area contributed by atoms with Crippen molar-refractivity contribution >= 4 is 22.1 Å². The highest BCUT2D eigenvalue weighted by molar-refractivity contribution is 7.85. The zero-order valence-corrected chi connectivity index (χ0v) is 37.3. The van der Waals surface area contributed by atoms with Crippen molar-refractivity contribution in [1.82, 2.24) is 0 Å². The maximum atomic E-state index is 12.8. The van der Waals surface area contributed by atoms with Gasteiger partial charge in [0.2, 0.25) is 0 Å². The van der Waals surface area contributed by atoms with E-state index in [-0.39, 0.29) is 19.4 Å². The molecule has 6 atom stereocenters. The molecule has 0 bridgehead atoms. The number of aliphatic hydroxyl groups excluding tert-OH is 3. The second-order valence-electron chi connectivity index (χ2n) is 15.4. The van der Waals surface area contributed by atoms with Crippen LogP contribution in [-0.4, -0.2) is 96.0 Å². The topological polar surface area (TPSA) is 186 Å². The standard InChI is InChI=1S/C47H78O12S/c1-3-5-7-9-11-13-15-17-18-19-20-21-22-24-25-27-29-31-33-35-42(48)56-37-40(38-57-47-46(52)45(51)44(50)41(59-47)39-60(53,54)55)58-43(49)36-34-32-30-28-26-23-16-14-12-10-8-6-4-2/h11,13-14,16-18,20-21,24-25,29,31,40-41,44-47,50-52H,3-10,12,15,19,22-23,26-28,30,32-39H2,1-2H3,(H,53,54,55)/b13-11+,16-14+,18-17+,21-20+,25-24+,31-29+/t40-,41-,44-,45?,46?,47+/m1/s1. The SMILES string of the molecule is CCCCC/C=C/C/C=C/C/C=C/C/C=C/C/C=C/CCC(=O)OC[C@H](CO[C@H]1O[C@H](CS(=O)(=O)O)[C@@H](O)C(O)C1O)OC(=O)CCCCCCC/C=C/CCCCCC. The molecular formula is C47H78O12S. The normalized spacial score (nSPS) is 20.8. The Kier molecular flexibility index (Phi) is 33.7. The van der Waals surface area contributed by atoms with Crippen molar-refractivity contribution in [3.05, 3.63) is 72.9 Å². The minimum atomic E-state index is -4.61. The molecule has 4 N–H and O–H groups in total. The molecule has 0 radical (unpaired) electrons. The molecule has 0 saturated carbocycles. The molecule has 0 aromatic carbocycles. The van der Waals surface area contributed by atoms with Crippen LogP contribution in [0.4, 0.5) is 0 Å². The fourth-order valence-electron chi connectivity index (χ4n) is 6.24. The van der Waals surface area contributed by atoms with Crippen molar-refractivity contribution in [2.45, 2.75) is 192 Å². The molecule has 0 aromatic heterocycles. The van der Waals surface area contributed by atoms with Crippen LogP contribution in [-0.2, 0) is 38.7 Å². The molecule has 1 fully saturated rings. The Morgan fingerprint density at radius 2 is 1.03 bits per heavy atom. The molecule has 0 aromatic rings. The lowest BCUT2D eigenvalue weighted by atomic mass is 10.00. The molecule has 2 unspecified atom stereocenters. The third kappa shape index (κ3) is 31.0. The molecule has 0 amide bonds. The van der Waals surface area contributed by atoms with Gasteiger partial charge in [0.05, 0.1) is 6.61 Å². The molecular weight excluding hydrogens is 789 g/mol. The molecule has 12 nitrogen and oxygen atoms in total. The van der Waals surface area contributed by atoms with Crippen LogP contribution in [0.3, 0.4) is 0 Å². The number of esters is 2. The summed E-state index contributed by atoms with van der Waals surface area (Å²) in [6, 6.07) is 0. The van der Waals surface area contributed by atoms with Gasteiger partial charge in [0.1, 0.15) is 36.8 Å². The van der Waals surface area contributed by atoms with Gasteiger partial charge in [0, 0.05) is 12.8 Å². The Hall–Kier alpha value is -2.91. The first kappa shape index (κ1) is 55.1. The molecule has 60 heavy (non-hydrogen) atoms. The van der Waals surface area contributed by atoms with Gasteiger partial charge in [-0.05, 0) is 77.0 Å². The number of unbranched alkanes of at least 4 members (excludes halogenated alkanes) is 12. The molecule has 1 heterocycles. The van der Waals surface area contributed by atoms with E-state index in [1.807, 2.05) is 12.2 Å². The molecule has 344 valence electrons. The Morgan fingerprint density at radius 1 is 0.567 bits per heavy atom. The van der Waals surface area contributed by atoms with Crippen LogP contribution in [0.5, 0.6) is 0 Å². The van der Waals surface area contributed by atoms with Crippen LogP contribution in [0, 0.1) is 0 Å². The van der Waals surface area contributed by atoms with Gasteiger partial charge in [-0.3, -0.25) is 14.1 Å². The van der Waals surface area contributed by atoms with Crippen LogP contribution in [0.25, 0.3) is 0 Å². The monoisotopic (exact) mass is 867 g/mol. The van der Waals surface area contributed by atoms with Crippen molar-refractivity contribution in [3.8, 4) is 0 Å². The van der Waals surface area contributed by atoms with E-state index in [9.17, 15) is 37.9 Å². The number of ether oxygens (including phenoxy) is 4. The largest absolute Gasteiger partial charge is 0.462 e. The number of aliphatic hydroxyl groups is 3. The highest BCUT2D eigenvalue weighted by Crippen LogP contribution is 2.24.